The zero-order valence-electron chi connectivity index (χ0n) is 9.72. The van der Waals surface area contributed by atoms with Gasteiger partial charge < -0.3 is 4.57 Å². The minimum atomic E-state index is -4.18. The highest BCUT2D eigenvalue weighted by Gasteiger charge is 2.08. The molecular weight excluding hydrogens is 286 g/mol. The molecule has 19 heavy (non-hydrogen) atoms. The number of aromatic nitrogens is 1. The highest BCUT2D eigenvalue weighted by Crippen LogP contribution is 2.11. The largest absolute Gasteiger partial charge is 0.311 e. The summed E-state index contributed by atoms with van der Waals surface area (Å²) in [7, 11) is -4.18. The number of pyridine rings is 1. The Bertz CT molecular complexity index is 748. The van der Waals surface area contributed by atoms with Crippen LogP contribution in [0.5, 0.6) is 0 Å². The Morgan fingerprint density at radius 2 is 1.79 bits per heavy atom. The fourth-order valence-electron chi connectivity index (χ4n) is 1.59. The van der Waals surface area contributed by atoms with Gasteiger partial charge >= 0.3 is 0 Å². The molecule has 1 aromatic carbocycles. The van der Waals surface area contributed by atoms with Gasteiger partial charge in [0, 0.05) is 17.2 Å². The zero-order valence-corrected chi connectivity index (χ0v) is 11.4. The van der Waals surface area contributed by atoms with Crippen LogP contribution in [0.3, 0.4) is 0 Å². The fraction of sp³-hybridized carbons (Fsp3) is 0.0833. The molecule has 0 saturated heterocycles. The second-order valence-corrected chi connectivity index (χ2v) is 5.91. The standard InChI is InChI=1S/C12H11NO4S2/c14-12-7-10(18)5-6-13(12)8-9-1-3-11(4-2-9)19(15,16)17/h1-7,18H,8H2,(H,15,16,17). The number of hydrogen-bond acceptors (Lipinski definition) is 4. The van der Waals surface area contributed by atoms with Crippen LogP contribution in [0.1, 0.15) is 5.56 Å². The first kappa shape index (κ1) is 13.9. The lowest BCUT2D eigenvalue weighted by molar-refractivity contribution is 0.483. The third-order valence-corrected chi connectivity index (χ3v) is 3.70. The summed E-state index contributed by atoms with van der Waals surface area (Å²) in [5.74, 6) is 0. The molecule has 0 fully saturated rings. The van der Waals surface area contributed by atoms with Gasteiger partial charge in [0.2, 0.25) is 0 Å². The second-order valence-electron chi connectivity index (χ2n) is 3.97. The van der Waals surface area contributed by atoms with Crippen molar-refractivity contribution in [3.05, 3.63) is 58.5 Å². The summed E-state index contributed by atoms with van der Waals surface area (Å²) in [4.78, 5) is 12.1. The van der Waals surface area contributed by atoms with Gasteiger partial charge in [-0.1, -0.05) is 12.1 Å². The first-order chi connectivity index (χ1) is 8.86. The van der Waals surface area contributed by atoms with Crippen molar-refractivity contribution in [2.45, 2.75) is 16.3 Å². The molecule has 0 radical (unpaired) electrons. The smallest absolute Gasteiger partial charge is 0.294 e. The first-order valence-electron chi connectivity index (χ1n) is 5.32. The predicted molar refractivity (Wildman–Crippen MR) is 73.3 cm³/mol. The molecule has 0 spiro atoms. The van der Waals surface area contributed by atoms with Crippen molar-refractivity contribution in [1.82, 2.24) is 4.57 Å². The van der Waals surface area contributed by atoms with E-state index < -0.39 is 10.1 Å². The molecule has 0 aliphatic carbocycles. The third kappa shape index (κ3) is 3.46. The maximum Gasteiger partial charge on any atom is 0.294 e. The quantitative estimate of drug-likeness (QED) is 0.664. The van der Waals surface area contributed by atoms with E-state index in [1.165, 1.54) is 22.8 Å². The van der Waals surface area contributed by atoms with E-state index in [2.05, 4.69) is 12.6 Å². The second kappa shape index (κ2) is 5.20. The fourth-order valence-corrected chi connectivity index (χ4v) is 2.25. The molecule has 5 nitrogen and oxygen atoms in total. The van der Waals surface area contributed by atoms with E-state index in [0.717, 1.165) is 5.56 Å². The molecule has 0 aliphatic rings. The SMILES string of the molecule is O=c1cc(S)ccn1Cc1ccc(S(=O)(=O)O)cc1. The van der Waals surface area contributed by atoms with Gasteiger partial charge in [-0.25, -0.2) is 0 Å². The molecular formula is C12H11NO4S2. The monoisotopic (exact) mass is 297 g/mol. The van der Waals surface area contributed by atoms with E-state index in [0.29, 0.717) is 11.4 Å². The van der Waals surface area contributed by atoms with Crippen LogP contribution in [0, 0.1) is 0 Å². The van der Waals surface area contributed by atoms with Crippen LogP contribution in [0.2, 0.25) is 0 Å². The molecule has 1 N–H and O–H groups in total. The number of thiol groups is 1. The maximum absolute atomic E-state index is 11.6. The molecule has 0 atom stereocenters. The molecule has 0 bridgehead atoms. The van der Waals surface area contributed by atoms with Crippen LogP contribution in [-0.2, 0) is 16.7 Å². The molecule has 0 amide bonds. The molecule has 7 heteroatoms. The lowest BCUT2D eigenvalue weighted by Crippen LogP contribution is -2.18. The lowest BCUT2D eigenvalue weighted by atomic mass is 10.2. The van der Waals surface area contributed by atoms with E-state index >= 15 is 0 Å². The number of nitrogens with zero attached hydrogens (tertiary/aromatic N) is 1. The Labute approximate surface area is 115 Å². The van der Waals surface area contributed by atoms with Gasteiger partial charge in [-0.3, -0.25) is 9.35 Å². The summed E-state index contributed by atoms with van der Waals surface area (Å²) >= 11 is 4.06. The summed E-state index contributed by atoms with van der Waals surface area (Å²) in [6.45, 7) is 0.318. The van der Waals surface area contributed by atoms with E-state index in [1.807, 2.05) is 0 Å². The Morgan fingerprint density at radius 3 is 2.32 bits per heavy atom. The van der Waals surface area contributed by atoms with Crippen molar-refractivity contribution in [2.24, 2.45) is 0 Å². The average molecular weight is 297 g/mol. The molecule has 100 valence electrons. The maximum atomic E-state index is 11.6. The van der Waals surface area contributed by atoms with Crippen LogP contribution in [0.15, 0.2) is 57.2 Å². The number of rotatable bonds is 3. The van der Waals surface area contributed by atoms with Crippen LogP contribution in [0.25, 0.3) is 0 Å². The Kier molecular flexibility index (Phi) is 3.79. The van der Waals surface area contributed by atoms with Crippen LogP contribution >= 0.6 is 12.6 Å². The minimum Gasteiger partial charge on any atom is -0.311 e. The molecule has 2 aromatic rings. The molecule has 1 heterocycles. The summed E-state index contributed by atoms with van der Waals surface area (Å²) < 4.78 is 32.1. The molecule has 0 aliphatic heterocycles. The highest BCUT2D eigenvalue weighted by atomic mass is 32.2. The Balaban J connectivity index is 2.27. The zero-order chi connectivity index (χ0) is 14.0. The lowest BCUT2D eigenvalue weighted by Gasteiger charge is -2.06. The normalized spacial score (nSPS) is 11.5. The van der Waals surface area contributed by atoms with Crippen LogP contribution in [-0.4, -0.2) is 17.5 Å². The topological polar surface area (TPSA) is 76.4 Å². The van der Waals surface area contributed by atoms with Crippen LogP contribution < -0.4 is 5.56 Å². The van der Waals surface area contributed by atoms with E-state index in [-0.39, 0.29) is 10.5 Å². The van der Waals surface area contributed by atoms with E-state index in [9.17, 15) is 13.2 Å². The Hall–Kier alpha value is -1.57. The van der Waals surface area contributed by atoms with E-state index in [1.54, 1.807) is 24.4 Å². The van der Waals surface area contributed by atoms with Crippen molar-refractivity contribution in [1.29, 1.82) is 0 Å². The van der Waals surface area contributed by atoms with Crippen molar-refractivity contribution < 1.29 is 13.0 Å². The summed E-state index contributed by atoms with van der Waals surface area (Å²) in [6.07, 6.45) is 1.61. The first-order valence-corrected chi connectivity index (χ1v) is 7.21. The Morgan fingerprint density at radius 1 is 1.16 bits per heavy atom. The summed E-state index contributed by atoms with van der Waals surface area (Å²) in [5, 5.41) is 0. The average Bonchev–Trinajstić information content (AvgIpc) is 2.32. The third-order valence-electron chi connectivity index (χ3n) is 2.55. The van der Waals surface area contributed by atoms with E-state index in [4.69, 9.17) is 4.55 Å². The van der Waals surface area contributed by atoms with Gasteiger partial charge in [0.25, 0.3) is 15.7 Å². The number of benzene rings is 1. The minimum absolute atomic E-state index is 0.172. The van der Waals surface area contributed by atoms with Gasteiger partial charge in [-0.05, 0) is 23.8 Å². The number of hydrogen-bond donors (Lipinski definition) is 2. The highest BCUT2D eigenvalue weighted by molar-refractivity contribution is 7.85. The van der Waals surface area contributed by atoms with Crippen molar-refractivity contribution in [3.63, 3.8) is 0 Å². The van der Waals surface area contributed by atoms with Gasteiger partial charge in [-0.2, -0.15) is 8.42 Å². The van der Waals surface area contributed by atoms with Crippen molar-refractivity contribution >= 4 is 22.7 Å². The van der Waals surface area contributed by atoms with Gasteiger partial charge in [0.05, 0.1) is 11.4 Å². The molecule has 0 saturated carbocycles. The summed E-state index contributed by atoms with van der Waals surface area (Å²) in [5.41, 5.74) is 0.563. The van der Waals surface area contributed by atoms with Crippen LogP contribution in [0.4, 0.5) is 0 Å². The summed E-state index contributed by atoms with van der Waals surface area (Å²) in [6, 6.07) is 8.77. The van der Waals surface area contributed by atoms with Gasteiger partial charge in [0.15, 0.2) is 0 Å². The molecule has 2 rings (SSSR count). The van der Waals surface area contributed by atoms with Gasteiger partial charge in [0.1, 0.15) is 0 Å². The van der Waals surface area contributed by atoms with Crippen molar-refractivity contribution in [2.75, 3.05) is 0 Å². The van der Waals surface area contributed by atoms with Gasteiger partial charge in [-0.15, -0.1) is 12.6 Å². The van der Waals surface area contributed by atoms with Crippen molar-refractivity contribution in [3.8, 4) is 0 Å². The molecule has 0 unspecified atom stereocenters. The predicted octanol–water partition coefficient (Wildman–Crippen LogP) is 1.43. The molecule has 1 aromatic heterocycles.